The van der Waals surface area contributed by atoms with Crippen molar-refractivity contribution >= 4 is 23.9 Å². The number of benzene rings is 1. The van der Waals surface area contributed by atoms with Gasteiger partial charge in [0.2, 0.25) is 0 Å². The molecule has 3 atom stereocenters. The van der Waals surface area contributed by atoms with Gasteiger partial charge in [-0.25, -0.2) is 9.59 Å². The number of amides is 2. The molecule has 1 fully saturated rings. The van der Waals surface area contributed by atoms with Gasteiger partial charge in [0.25, 0.3) is 0 Å². The first-order chi connectivity index (χ1) is 15.5. The van der Waals surface area contributed by atoms with Gasteiger partial charge in [0.15, 0.2) is 0 Å². The Bertz CT molecular complexity index is 1020. The summed E-state index contributed by atoms with van der Waals surface area (Å²) in [5.74, 6) is 0. The van der Waals surface area contributed by atoms with Crippen molar-refractivity contribution in [2.75, 3.05) is 4.90 Å². The first-order valence-electron chi connectivity index (χ1n) is 11.4. The van der Waals surface area contributed by atoms with Crippen molar-refractivity contribution in [3.05, 3.63) is 42.5 Å². The van der Waals surface area contributed by atoms with Crippen LogP contribution in [0, 0.1) is 5.41 Å². The molecule has 2 aliphatic rings. The number of carbonyl (C=O) groups excluding carboxylic acids is 3. The van der Waals surface area contributed by atoms with Crippen LogP contribution in [0.2, 0.25) is 0 Å². The summed E-state index contributed by atoms with van der Waals surface area (Å²) in [4.78, 5) is 41.7. The zero-order chi connectivity index (χ0) is 25.9. The molecule has 0 radical (unpaired) electrons. The van der Waals surface area contributed by atoms with Crippen molar-refractivity contribution in [2.24, 2.45) is 5.41 Å². The highest BCUT2D eigenvalue weighted by Gasteiger charge is 2.70. The maximum absolute atomic E-state index is 14.5. The van der Waals surface area contributed by atoms with Crippen LogP contribution in [-0.2, 0) is 19.7 Å². The first kappa shape index (κ1) is 25.7. The second-order valence-corrected chi connectivity index (χ2v) is 11.5. The van der Waals surface area contributed by atoms with Crippen LogP contribution in [0.25, 0.3) is 0 Å². The molecule has 186 valence electrons. The fraction of sp³-hybridized carbons (Fsp3) is 0.577. The third-order valence-electron chi connectivity index (χ3n) is 6.56. The van der Waals surface area contributed by atoms with Gasteiger partial charge in [-0.2, -0.15) is 4.39 Å². The Hall–Kier alpha value is -2.90. The number of halogens is 1. The highest BCUT2D eigenvalue weighted by atomic mass is 19.1. The number of hydrogen-bond acceptors (Lipinski definition) is 5. The van der Waals surface area contributed by atoms with Crippen LogP contribution in [0.3, 0.4) is 0 Å². The van der Waals surface area contributed by atoms with E-state index in [1.807, 2.05) is 26.0 Å². The van der Waals surface area contributed by atoms with E-state index < -0.39 is 52.5 Å². The van der Waals surface area contributed by atoms with E-state index in [0.717, 1.165) is 4.90 Å². The Labute approximate surface area is 200 Å². The van der Waals surface area contributed by atoms with Crippen LogP contribution in [0.5, 0.6) is 0 Å². The molecule has 1 saturated heterocycles. The Morgan fingerprint density at radius 3 is 2.03 bits per heavy atom. The molecular formula is C26H35FN2O5. The fourth-order valence-corrected chi connectivity index (χ4v) is 5.07. The van der Waals surface area contributed by atoms with Crippen molar-refractivity contribution in [1.29, 1.82) is 0 Å². The van der Waals surface area contributed by atoms with E-state index in [0.29, 0.717) is 11.3 Å². The van der Waals surface area contributed by atoms with Crippen LogP contribution >= 0.6 is 0 Å². The summed E-state index contributed by atoms with van der Waals surface area (Å²) < 4.78 is 25.8. The molecule has 7 nitrogen and oxygen atoms in total. The summed E-state index contributed by atoms with van der Waals surface area (Å²) in [5, 5.41) is 0. The second kappa shape index (κ2) is 8.10. The Kier molecular flexibility index (Phi) is 6.13. The van der Waals surface area contributed by atoms with Gasteiger partial charge in [-0.15, -0.1) is 6.58 Å². The van der Waals surface area contributed by atoms with E-state index >= 15 is 0 Å². The first-order valence-corrected chi connectivity index (χ1v) is 11.4. The Morgan fingerprint density at radius 1 is 1.00 bits per heavy atom. The van der Waals surface area contributed by atoms with Gasteiger partial charge in [-0.05, 0) is 65.0 Å². The molecule has 2 amide bonds. The SMILES string of the molecule is C=CC(C)(C)[C@@]12C[C@@H](C(=O)F)N(C(=O)OC(C)(C)C)[C@@H]1N(C(=O)OC(C)(C)C)c1ccccc12. The summed E-state index contributed by atoms with van der Waals surface area (Å²) in [6.45, 7) is 18.1. The zero-order valence-corrected chi connectivity index (χ0v) is 21.3. The number of carbonyl (C=O) groups is 3. The van der Waals surface area contributed by atoms with Crippen molar-refractivity contribution in [3.63, 3.8) is 0 Å². The molecule has 0 N–H and O–H groups in total. The minimum Gasteiger partial charge on any atom is -0.444 e. The summed E-state index contributed by atoms with van der Waals surface area (Å²) in [6, 6.07) is 4.10. The minimum atomic E-state index is -1.67. The lowest BCUT2D eigenvalue weighted by Gasteiger charge is -2.45. The number of fused-ring (bicyclic) bond motifs is 3. The molecule has 2 aliphatic heterocycles. The second-order valence-electron chi connectivity index (χ2n) is 11.5. The maximum Gasteiger partial charge on any atom is 0.416 e. The lowest BCUT2D eigenvalue weighted by Crippen LogP contribution is -2.60. The monoisotopic (exact) mass is 474 g/mol. The van der Waals surface area contributed by atoms with Gasteiger partial charge in [0, 0.05) is 5.41 Å². The van der Waals surface area contributed by atoms with Crippen molar-refractivity contribution < 1.29 is 28.2 Å². The number of nitrogens with zero attached hydrogens (tertiary/aromatic N) is 2. The van der Waals surface area contributed by atoms with E-state index in [9.17, 15) is 18.8 Å². The van der Waals surface area contributed by atoms with Gasteiger partial charge < -0.3 is 9.47 Å². The Morgan fingerprint density at radius 2 is 1.53 bits per heavy atom. The predicted octanol–water partition coefficient (Wildman–Crippen LogP) is 5.72. The molecule has 34 heavy (non-hydrogen) atoms. The Balaban J connectivity index is 2.33. The largest absolute Gasteiger partial charge is 0.444 e. The topological polar surface area (TPSA) is 76.2 Å². The molecule has 0 spiro atoms. The van der Waals surface area contributed by atoms with Gasteiger partial charge >= 0.3 is 18.2 Å². The van der Waals surface area contributed by atoms with Crippen LogP contribution in [0.4, 0.5) is 19.7 Å². The molecule has 0 aliphatic carbocycles. The highest BCUT2D eigenvalue weighted by molar-refractivity contribution is 5.96. The smallest absolute Gasteiger partial charge is 0.416 e. The lowest BCUT2D eigenvalue weighted by molar-refractivity contribution is -0.134. The van der Waals surface area contributed by atoms with Crippen LogP contribution in [-0.4, -0.2) is 46.5 Å². The van der Waals surface area contributed by atoms with Gasteiger partial charge in [0.1, 0.15) is 23.4 Å². The number of likely N-dealkylation sites (tertiary alicyclic amines) is 1. The number of hydrogen-bond donors (Lipinski definition) is 0. The average Bonchev–Trinajstić information content (AvgIpc) is 3.17. The maximum atomic E-state index is 14.5. The van der Waals surface area contributed by atoms with Crippen molar-refractivity contribution in [2.45, 2.75) is 90.6 Å². The molecule has 8 heteroatoms. The van der Waals surface area contributed by atoms with Crippen LogP contribution in [0.1, 0.15) is 67.4 Å². The van der Waals surface area contributed by atoms with Crippen LogP contribution in [0.15, 0.2) is 36.9 Å². The molecule has 0 saturated carbocycles. The van der Waals surface area contributed by atoms with E-state index in [-0.39, 0.29) is 6.42 Å². The summed E-state index contributed by atoms with van der Waals surface area (Å²) >= 11 is 0. The van der Waals surface area contributed by atoms with E-state index in [1.165, 1.54) is 4.90 Å². The van der Waals surface area contributed by atoms with Gasteiger partial charge in [0.05, 0.1) is 5.69 Å². The number of rotatable bonds is 3. The number of para-hydroxylation sites is 1. The standard InChI is InChI=1S/C26H35FN2O5/c1-10-25(8,9)26-15-18(19(27)30)29(22(32)34-24(5,6)7)20(26)28(21(31)33-23(2,3)4)17-14-12-11-13-16(17)26/h10-14,18,20H,1,15H2,2-9H3/t18-,20-,26+/m0/s1. The fourth-order valence-electron chi connectivity index (χ4n) is 5.07. The summed E-state index contributed by atoms with van der Waals surface area (Å²) in [6.07, 6.45) is -0.967. The van der Waals surface area contributed by atoms with Crippen molar-refractivity contribution in [3.8, 4) is 0 Å². The van der Waals surface area contributed by atoms with Gasteiger partial charge in [-0.1, -0.05) is 38.1 Å². The molecular weight excluding hydrogens is 439 g/mol. The molecule has 1 aromatic carbocycles. The summed E-state index contributed by atoms with van der Waals surface area (Å²) in [5.41, 5.74) is -2.26. The van der Waals surface area contributed by atoms with E-state index in [4.69, 9.17) is 9.47 Å². The molecule has 1 aromatic rings. The third kappa shape index (κ3) is 4.07. The van der Waals surface area contributed by atoms with Crippen molar-refractivity contribution in [1.82, 2.24) is 4.90 Å². The van der Waals surface area contributed by atoms with E-state index in [1.54, 1.807) is 59.8 Å². The van der Waals surface area contributed by atoms with Gasteiger partial charge in [-0.3, -0.25) is 14.6 Å². The molecule has 3 rings (SSSR count). The average molecular weight is 475 g/mol. The molecule has 0 unspecified atom stereocenters. The molecule has 2 heterocycles. The highest BCUT2D eigenvalue weighted by Crippen LogP contribution is 2.62. The quantitative estimate of drug-likeness (QED) is 0.413. The predicted molar refractivity (Wildman–Crippen MR) is 127 cm³/mol. The van der Waals surface area contributed by atoms with E-state index in [2.05, 4.69) is 6.58 Å². The molecule has 0 bridgehead atoms. The summed E-state index contributed by atoms with van der Waals surface area (Å²) in [7, 11) is 0. The van der Waals surface area contributed by atoms with Crippen LogP contribution < -0.4 is 4.90 Å². The molecule has 0 aromatic heterocycles. The lowest BCUT2D eigenvalue weighted by atomic mass is 9.60. The zero-order valence-electron chi connectivity index (χ0n) is 21.3. The minimum absolute atomic E-state index is 0.0401. The normalized spacial score (nSPS) is 24.4. The number of allylic oxidation sites excluding steroid dienone is 1. The number of ether oxygens (including phenoxy) is 2. The third-order valence-corrected chi connectivity index (χ3v) is 6.56. The number of anilines is 1.